The average molecular weight is 341 g/mol. The van der Waals surface area contributed by atoms with Gasteiger partial charge in [0.05, 0.1) is 5.69 Å². The Balaban J connectivity index is 2.42. The van der Waals surface area contributed by atoms with Crippen LogP contribution in [0.4, 0.5) is 0 Å². The maximum absolute atomic E-state index is 12.5. The molecule has 0 amide bonds. The topological polar surface area (TPSA) is 72.3 Å². The Morgan fingerprint density at radius 1 is 1.23 bits per heavy atom. The summed E-state index contributed by atoms with van der Waals surface area (Å²) in [5.74, 6) is 0. The van der Waals surface area contributed by atoms with Gasteiger partial charge in [-0.3, -0.25) is 4.79 Å². The fourth-order valence-corrected chi connectivity index (χ4v) is 4.89. The van der Waals surface area contributed by atoms with Gasteiger partial charge < -0.3 is 0 Å². The molecule has 2 aromatic rings. The van der Waals surface area contributed by atoms with Crippen LogP contribution in [0.2, 0.25) is 0 Å². The van der Waals surface area contributed by atoms with E-state index in [0.717, 1.165) is 0 Å². The van der Waals surface area contributed by atoms with Crippen LogP contribution in [-0.2, 0) is 16.6 Å². The maximum atomic E-state index is 12.5. The molecule has 0 bridgehead atoms. The van der Waals surface area contributed by atoms with E-state index in [9.17, 15) is 13.2 Å². The SMILES string of the molecule is CCN(CC)S(=O)(=O)c1cc(-c2ccc(=O)n(CC)n2)cs1. The largest absolute Gasteiger partial charge is 0.268 e. The summed E-state index contributed by atoms with van der Waals surface area (Å²) in [6.45, 7) is 6.81. The Labute approximate surface area is 134 Å². The van der Waals surface area contributed by atoms with Crippen LogP contribution >= 0.6 is 11.3 Å². The van der Waals surface area contributed by atoms with E-state index in [-0.39, 0.29) is 5.56 Å². The number of rotatable bonds is 6. The molecular formula is C14H19N3O3S2. The molecule has 120 valence electrons. The first-order valence-electron chi connectivity index (χ1n) is 7.11. The lowest BCUT2D eigenvalue weighted by Gasteiger charge is -2.16. The van der Waals surface area contributed by atoms with Gasteiger partial charge in [-0.2, -0.15) is 9.40 Å². The summed E-state index contributed by atoms with van der Waals surface area (Å²) in [6.07, 6.45) is 0. The summed E-state index contributed by atoms with van der Waals surface area (Å²) < 4.78 is 28.0. The number of sulfonamides is 1. The van der Waals surface area contributed by atoms with E-state index in [1.165, 1.54) is 26.4 Å². The second-order valence-electron chi connectivity index (χ2n) is 4.62. The number of hydrogen-bond acceptors (Lipinski definition) is 5. The molecule has 0 saturated carbocycles. The molecule has 8 heteroatoms. The number of hydrogen-bond donors (Lipinski definition) is 0. The van der Waals surface area contributed by atoms with Crippen LogP contribution < -0.4 is 5.56 Å². The highest BCUT2D eigenvalue weighted by atomic mass is 32.2. The highest BCUT2D eigenvalue weighted by Gasteiger charge is 2.23. The molecule has 0 aliphatic carbocycles. The zero-order valence-corrected chi connectivity index (χ0v) is 14.4. The van der Waals surface area contributed by atoms with E-state index in [1.54, 1.807) is 17.5 Å². The molecule has 22 heavy (non-hydrogen) atoms. The molecule has 0 aliphatic heterocycles. The lowest BCUT2D eigenvalue weighted by molar-refractivity contribution is 0.447. The lowest BCUT2D eigenvalue weighted by Crippen LogP contribution is -2.29. The van der Waals surface area contributed by atoms with Crippen molar-refractivity contribution in [3.8, 4) is 11.3 Å². The molecule has 0 aromatic carbocycles. The van der Waals surface area contributed by atoms with E-state index in [4.69, 9.17) is 0 Å². The van der Waals surface area contributed by atoms with E-state index >= 15 is 0 Å². The zero-order valence-electron chi connectivity index (χ0n) is 12.8. The van der Waals surface area contributed by atoms with Crippen molar-refractivity contribution in [3.05, 3.63) is 33.9 Å². The molecule has 2 rings (SSSR count). The monoisotopic (exact) mass is 341 g/mol. The molecule has 6 nitrogen and oxygen atoms in total. The third-order valence-electron chi connectivity index (χ3n) is 3.34. The molecule has 2 aromatic heterocycles. The first-order valence-corrected chi connectivity index (χ1v) is 9.43. The molecule has 0 saturated heterocycles. The quantitative estimate of drug-likeness (QED) is 0.806. The fourth-order valence-electron chi connectivity index (χ4n) is 2.11. The second-order valence-corrected chi connectivity index (χ2v) is 7.69. The van der Waals surface area contributed by atoms with Crippen LogP contribution in [0.25, 0.3) is 11.3 Å². The third-order valence-corrected chi connectivity index (χ3v) is 6.80. The Bertz CT molecular complexity index is 805. The van der Waals surface area contributed by atoms with Gasteiger partial charge in [-0.05, 0) is 19.1 Å². The summed E-state index contributed by atoms with van der Waals surface area (Å²) >= 11 is 1.17. The predicted molar refractivity (Wildman–Crippen MR) is 87.6 cm³/mol. The summed E-state index contributed by atoms with van der Waals surface area (Å²) in [4.78, 5) is 11.6. The molecule has 0 aliphatic rings. The van der Waals surface area contributed by atoms with Crippen molar-refractivity contribution in [1.29, 1.82) is 0 Å². The smallest absolute Gasteiger partial charge is 0.266 e. The number of nitrogens with zero attached hydrogens (tertiary/aromatic N) is 3. The summed E-state index contributed by atoms with van der Waals surface area (Å²) in [5, 5.41) is 6.00. The van der Waals surface area contributed by atoms with Gasteiger partial charge in [-0.15, -0.1) is 11.3 Å². The van der Waals surface area contributed by atoms with Crippen LogP contribution in [0.3, 0.4) is 0 Å². The summed E-state index contributed by atoms with van der Waals surface area (Å²) in [5.41, 5.74) is 1.13. The Morgan fingerprint density at radius 2 is 1.91 bits per heavy atom. The summed E-state index contributed by atoms with van der Waals surface area (Å²) in [6, 6.07) is 4.68. The normalized spacial score (nSPS) is 12.0. The minimum atomic E-state index is -3.46. The minimum Gasteiger partial charge on any atom is -0.268 e. The maximum Gasteiger partial charge on any atom is 0.266 e. The number of aromatic nitrogens is 2. The zero-order chi connectivity index (χ0) is 16.3. The van der Waals surface area contributed by atoms with Gasteiger partial charge >= 0.3 is 0 Å². The van der Waals surface area contributed by atoms with Crippen molar-refractivity contribution < 1.29 is 8.42 Å². The van der Waals surface area contributed by atoms with E-state index < -0.39 is 10.0 Å². The molecule has 0 unspecified atom stereocenters. The third kappa shape index (κ3) is 3.13. The second kappa shape index (κ2) is 6.72. The van der Waals surface area contributed by atoms with Crippen molar-refractivity contribution in [2.24, 2.45) is 0 Å². The van der Waals surface area contributed by atoms with E-state index in [2.05, 4.69) is 5.10 Å². The van der Waals surface area contributed by atoms with Crippen LogP contribution in [0, 0.1) is 0 Å². The van der Waals surface area contributed by atoms with Crippen molar-refractivity contribution in [1.82, 2.24) is 14.1 Å². The molecule has 0 radical (unpaired) electrons. The van der Waals surface area contributed by atoms with Gasteiger partial charge in [-0.25, -0.2) is 13.1 Å². The minimum absolute atomic E-state index is 0.169. The average Bonchev–Trinajstić information content (AvgIpc) is 2.99. The van der Waals surface area contributed by atoms with Gasteiger partial charge in [0.25, 0.3) is 15.6 Å². The van der Waals surface area contributed by atoms with Crippen molar-refractivity contribution in [2.45, 2.75) is 31.5 Å². The number of aryl methyl sites for hydroxylation is 1. The lowest BCUT2D eigenvalue weighted by atomic mass is 10.2. The van der Waals surface area contributed by atoms with Gasteiger partial charge in [0.15, 0.2) is 0 Å². The molecule has 2 heterocycles. The Hall–Kier alpha value is -1.51. The Morgan fingerprint density at radius 3 is 2.50 bits per heavy atom. The molecule has 0 N–H and O–H groups in total. The van der Waals surface area contributed by atoms with Crippen LogP contribution in [-0.4, -0.2) is 35.6 Å². The van der Waals surface area contributed by atoms with Gasteiger partial charge in [0.2, 0.25) is 0 Å². The summed E-state index contributed by atoms with van der Waals surface area (Å²) in [7, 11) is -3.46. The first kappa shape index (κ1) is 16.9. The van der Waals surface area contributed by atoms with Gasteiger partial charge in [0, 0.05) is 36.6 Å². The number of thiophene rings is 1. The van der Waals surface area contributed by atoms with Crippen LogP contribution in [0.15, 0.2) is 32.6 Å². The highest BCUT2D eigenvalue weighted by Crippen LogP contribution is 2.28. The Kier molecular flexibility index (Phi) is 5.15. The molecule has 0 fully saturated rings. The van der Waals surface area contributed by atoms with Gasteiger partial charge in [0.1, 0.15) is 4.21 Å². The van der Waals surface area contributed by atoms with E-state index in [0.29, 0.717) is 35.1 Å². The van der Waals surface area contributed by atoms with E-state index in [1.807, 2.05) is 20.8 Å². The van der Waals surface area contributed by atoms with Crippen LogP contribution in [0.1, 0.15) is 20.8 Å². The van der Waals surface area contributed by atoms with Crippen molar-refractivity contribution in [3.63, 3.8) is 0 Å². The van der Waals surface area contributed by atoms with Gasteiger partial charge in [-0.1, -0.05) is 13.8 Å². The molecular weight excluding hydrogens is 322 g/mol. The highest BCUT2D eigenvalue weighted by molar-refractivity contribution is 7.91. The van der Waals surface area contributed by atoms with Crippen molar-refractivity contribution in [2.75, 3.05) is 13.1 Å². The molecule has 0 spiro atoms. The standard InChI is InChI=1S/C14H19N3O3S2/c1-4-16(5-2)22(19,20)14-9-11(10-21-14)12-7-8-13(18)17(6-3)15-12/h7-10H,4-6H2,1-3H3. The molecule has 0 atom stereocenters. The van der Waals surface area contributed by atoms with Crippen molar-refractivity contribution >= 4 is 21.4 Å². The predicted octanol–water partition coefficient (Wildman–Crippen LogP) is 2.02. The van der Waals surface area contributed by atoms with Crippen LogP contribution in [0.5, 0.6) is 0 Å². The first-order chi connectivity index (χ1) is 10.4. The fraction of sp³-hybridized carbons (Fsp3) is 0.429.